The summed E-state index contributed by atoms with van der Waals surface area (Å²) in [7, 11) is 0. The summed E-state index contributed by atoms with van der Waals surface area (Å²) >= 11 is 0. The standard InChI is InChI=1S/C3H6N4O2/c4-6-5-2-1-3-9-7-8/h1-3H2. The van der Waals surface area contributed by atoms with Gasteiger partial charge in [0, 0.05) is 11.5 Å². The second-order valence-corrected chi connectivity index (χ2v) is 1.22. The zero-order chi connectivity index (χ0) is 6.95. The quantitative estimate of drug-likeness (QED) is 0.140. The number of hydrogen-bond acceptors (Lipinski definition) is 4. The van der Waals surface area contributed by atoms with Gasteiger partial charge in [-0.2, -0.15) is 0 Å². The highest BCUT2D eigenvalue weighted by Gasteiger charge is 1.83. The molecule has 0 aromatic carbocycles. The predicted octanol–water partition coefficient (Wildman–Crippen LogP) is 1.38. The van der Waals surface area contributed by atoms with Crippen molar-refractivity contribution in [3.05, 3.63) is 15.3 Å². The van der Waals surface area contributed by atoms with Crippen LogP contribution >= 0.6 is 0 Å². The molecule has 0 unspecified atom stereocenters. The van der Waals surface area contributed by atoms with Crippen molar-refractivity contribution in [2.75, 3.05) is 13.2 Å². The van der Waals surface area contributed by atoms with Gasteiger partial charge >= 0.3 is 0 Å². The van der Waals surface area contributed by atoms with Gasteiger partial charge in [0.2, 0.25) is 0 Å². The molecule has 0 saturated heterocycles. The van der Waals surface area contributed by atoms with Gasteiger partial charge in [0.05, 0.1) is 0 Å². The molecule has 0 N–H and O–H groups in total. The third-order valence-corrected chi connectivity index (χ3v) is 0.610. The maximum absolute atomic E-state index is 9.26. The van der Waals surface area contributed by atoms with Gasteiger partial charge in [-0.1, -0.05) is 5.11 Å². The minimum atomic E-state index is 0.211. The van der Waals surface area contributed by atoms with Crippen LogP contribution < -0.4 is 0 Å². The molecule has 0 rings (SSSR count). The van der Waals surface area contributed by atoms with Crippen LogP contribution in [0.4, 0.5) is 0 Å². The van der Waals surface area contributed by atoms with Crippen molar-refractivity contribution < 1.29 is 4.84 Å². The van der Waals surface area contributed by atoms with Crippen molar-refractivity contribution in [1.82, 2.24) is 0 Å². The van der Waals surface area contributed by atoms with E-state index in [1.54, 1.807) is 0 Å². The summed E-state index contributed by atoms with van der Waals surface area (Å²) in [4.78, 5) is 15.8. The molecule has 0 bridgehead atoms. The van der Waals surface area contributed by atoms with Gasteiger partial charge in [0.15, 0.2) is 5.34 Å². The Bertz CT molecular complexity index is 119. The van der Waals surface area contributed by atoms with E-state index in [1.165, 1.54) is 0 Å². The summed E-state index contributed by atoms with van der Waals surface area (Å²) in [5.41, 5.74) is 7.76. The third-order valence-electron chi connectivity index (χ3n) is 0.610. The average Bonchev–Trinajstić information content (AvgIpc) is 1.89. The van der Waals surface area contributed by atoms with Crippen LogP contribution in [0.25, 0.3) is 10.4 Å². The van der Waals surface area contributed by atoms with E-state index in [2.05, 4.69) is 20.2 Å². The van der Waals surface area contributed by atoms with Gasteiger partial charge in [0.25, 0.3) is 0 Å². The number of hydrogen-bond donors (Lipinski definition) is 0. The third kappa shape index (κ3) is 6.71. The highest BCUT2D eigenvalue weighted by atomic mass is 16.7. The van der Waals surface area contributed by atoms with Crippen molar-refractivity contribution in [3.8, 4) is 0 Å². The molecular weight excluding hydrogens is 124 g/mol. The molecular formula is C3H6N4O2. The Balaban J connectivity index is 2.90. The molecule has 0 aromatic rings. The lowest BCUT2D eigenvalue weighted by Crippen LogP contribution is -1.88. The summed E-state index contributed by atoms with van der Waals surface area (Å²) in [5, 5.41) is 5.35. The largest absolute Gasteiger partial charge is 0.364 e. The van der Waals surface area contributed by atoms with Crippen LogP contribution in [0.15, 0.2) is 10.5 Å². The zero-order valence-electron chi connectivity index (χ0n) is 4.73. The van der Waals surface area contributed by atoms with Crippen LogP contribution in [-0.2, 0) is 4.84 Å². The highest BCUT2D eigenvalue weighted by molar-refractivity contribution is 4.44. The van der Waals surface area contributed by atoms with Crippen molar-refractivity contribution in [1.29, 1.82) is 0 Å². The first-order valence-corrected chi connectivity index (χ1v) is 2.37. The lowest BCUT2D eigenvalue weighted by Gasteiger charge is -1.88. The van der Waals surface area contributed by atoms with Gasteiger partial charge in [0.1, 0.15) is 6.61 Å². The van der Waals surface area contributed by atoms with E-state index in [-0.39, 0.29) is 6.61 Å². The minimum Gasteiger partial charge on any atom is -0.364 e. The van der Waals surface area contributed by atoms with Crippen LogP contribution in [0, 0.1) is 4.91 Å². The summed E-state index contributed by atoms with van der Waals surface area (Å²) in [5.74, 6) is 0. The predicted molar refractivity (Wildman–Crippen MR) is 30.4 cm³/mol. The van der Waals surface area contributed by atoms with Crippen molar-refractivity contribution in [3.63, 3.8) is 0 Å². The van der Waals surface area contributed by atoms with E-state index in [9.17, 15) is 4.91 Å². The molecule has 0 fully saturated rings. The molecule has 0 heterocycles. The smallest absolute Gasteiger partial charge is 0.155 e. The van der Waals surface area contributed by atoms with Crippen molar-refractivity contribution >= 4 is 0 Å². The Morgan fingerprint density at radius 2 is 2.44 bits per heavy atom. The lowest BCUT2D eigenvalue weighted by molar-refractivity contribution is 0.138. The molecule has 0 aliphatic carbocycles. The fraction of sp³-hybridized carbons (Fsp3) is 1.00. The molecule has 0 aliphatic heterocycles. The maximum atomic E-state index is 9.26. The molecule has 0 aliphatic rings. The molecule has 6 heteroatoms. The van der Waals surface area contributed by atoms with Crippen LogP contribution in [0.5, 0.6) is 0 Å². The van der Waals surface area contributed by atoms with Gasteiger partial charge in [-0.3, -0.25) is 0 Å². The van der Waals surface area contributed by atoms with Crippen molar-refractivity contribution in [2.45, 2.75) is 6.42 Å². The summed E-state index contributed by atoms with van der Waals surface area (Å²) in [6.07, 6.45) is 0.524. The molecule has 0 saturated carbocycles. The Morgan fingerprint density at radius 3 is 3.00 bits per heavy atom. The normalized spacial score (nSPS) is 7.56. The topological polar surface area (TPSA) is 87.4 Å². The summed E-state index contributed by atoms with van der Waals surface area (Å²) < 4.78 is 0. The number of azide groups is 1. The number of nitrogens with zero attached hydrogens (tertiary/aromatic N) is 4. The first kappa shape index (κ1) is 7.71. The van der Waals surface area contributed by atoms with Crippen LogP contribution in [0.1, 0.15) is 6.42 Å². The molecule has 0 spiro atoms. The Labute approximate surface area is 51.4 Å². The van der Waals surface area contributed by atoms with Gasteiger partial charge in [-0.15, -0.1) is 4.91 Å². The highest BCUT2D eigenvalue weighted by Crippen LogP contribution is 1.83. The average molecular weight is 130 g/mol. The fourth-order valence-electron chi connectivity index (χ4n) is 0.282. The molecule has 50 valence electrons. The van der Waals surface area contributed by atoms with E-state index in [0.717, 1.165) is 0 Å². The van der Waals surface area contributed by atoms with E-state index in [0.29, 0.717) is 13.0 Å². The molecule has 0 atom stereocenters. The monoisotopic (exact) mass is 130 g/mol. The Hall–Kier alpha value is -1.29. The summed E-state index contributed by atoms with van der Waals surface area (Å²) in [6.45, 7) is 0.550. The van der Waals surface area contributed by atoms with E-state index < -0.39 is 0 Å². The van der Waals surface area contributed by atoms with Gasteiger partial charge in [-0.05, 0) is 12.0 Å². The van der Waals surface area contributed by atoms with Gasteiger partial charge < -0.3 is 4.84 Å². The van der Waals surface area contributed by atoms with Gasteiger partial charge in [-0.25, -0.2) is 0 Å². The molecule has 0 aromatic heterocycles. The lowest BCUT2D eigenvalue weighted by atomic mass is 10.5. The molecule has 9 heavy (non-hydrogen) atoms. The minimum absolute atomic E-state index is 0.211. The van der Waals surface area contributed by atoms with E-state index in [1.807, 2.05) is 0 Å². The Kier molecular flexibility index (Phi) is 5.75. The first-order chi connectivity index (χ1) is 4.41. The fourth-order valence-corrected chi connectivity index (χ4v) is 0.282. The maximum Gasteiger partial charge on any atom is 0.155 e. The Morgan fingerprint density at radius 1 is 1.67 bits per heavy atom. The SMILES string of the molecule is [N-]=[N+]=NCCCON=O. The second kappa shape index (κ2) is 6.71. The summed E-state index contributed by atoms with van der Waals surface area (Å²) in [6, 6.07) is 0. The van der Waals surface area contributed by atoms with E-state index in [4.69, 9.17) is 5.53 Å². The van der Waals surface area contributed by atoms with E-state index >= 15 is 0 Å². The molecule has 0 radical (unpaired) electrons. The first-order valence-electron chi connectivity index (χ1n) is 2.37. The van der Waals surface area contributed by atoms with Crippen LogP contribution in [-0.4, -0.2) is 13.2 Å². The second-order valence-electron chi connectivity index (χ2n) is 1.22. The van der Waals surface area contributed by atoms with Crippen LogP contribution in [0.3, 0.4) is 0 Å². The zero-order valence-corrected chi connectivity index (χ0v) is 4.73. The van der Waals surface area contributed by atoms with Crippen molar-refractivity contribution in [2.24, 2.45) is 10.5 Å². The van der Waals surface area contributed by atoms with Crippen LogP contribution in [0.2, 0.25) is 0 Å². The molecule has 6 nitrogen and oxygen atoms in total. The molecule has 0 amide bonds. The number of rotatable bonds is 5.